The molecule has 0 spiro atoms. The fourth-order valence-corrected chi connectivity index (χ4v) is 4.32. The van der Waals surface area contributed by atoms with Crippen LogP contribution in [0.4, 0.5) is 0 Å². The second kappa shape index (κ2) is 6.48. The maximum Gasteiger partial charge on any atom is 0.264 e. The van der Waals surface area contributed by atoms with Gasteiger partial charge in [0, 0.05) is 18.3 Å². The van der Waals surface area contributed by atoms with Gasteiger partial charge in [-0.25, -0.2) is 13.1 Å². The molecule has 1 fully saturated rings. The van der Waals surface area contributed by atoms with Crippen LogP contribution in [0.25, 0.3) is 0 Å². The average molecular weight is 360 g/mol. The monoisotopic (exact) mass is 360 g/mol. The predicted molar refractivity (Wildman–Crippen MR) is 92.9 cm³/mol. The molecule has 1 amide bonds. The molecule has 3 rings (SSSR count). The molecule has 1 aromatic heterocycles. The Morgan fingerprint density at radius 1 is 1.24 bits per heavy atom. The van der Waals surface area contributed by atoms with Crippen LogP contribution in [0, 0.1) is 19.8 Å². The van der Waals surface area contributed by atoms with E-state index in [9.17, 15) is 13.2 Å². The van der Waals surface area contributed by atoms with Gasteiger partial charge < -0.3 is 4.74 Å². The zero-order valence-electron chi connectivity index (χ0n) is 14.3. The maximum atomic E-state index is 12.6. The lowest BCUT2D eigenvalue weighted by Crippen LogP contribution is -2.32. The van der Waals surface area contributed by atoms with Gasteiger partial charge in [0.05, 0.1) is 12.0 Å². The Morgan fingerprint density at radius 3 is 2.64 bits per heavy atom. The van der Waals surface area contributed by atoms with E-state index >= 15 is 0 Å². The molecule has 1 saturated carbocycles. The van der Waals surface area contributed by atoms with Gasteiger partial charge in [-0.1, -0.05) is 6.07 Å². The van der Waals surface area contributed by atoms with Gasteiger partial charge in [0.25, 0.3) is 10.0 Å². The number of carbonyl (C=O) groups excluding carboxylic acids is 1. The van der Waals surface area contributed by atoms with E-state index in [0.29, 0.717) is 17.7 Å². The molecular weight excluding hydrogens is 340 g/mol. The van der Waals surface area contributed by atoms with Gasteiger partial charge in [-0.3, -0.25) is 9.78 Å². The van der Waals surface area contributed by atoms with Crippen molar-refractivity contribution in [2.45, 2.75) is 31.1 Å². The third-order valence-electron chi connectivity index (χ3n) is 4.67. The van der Waals surface area contributed by atoms with Crippen molar-refractivity contribution in [1.29, 1.82) is 0 Å². The number of rotatable bonds is 5. The van der Waals surface area contributed by atoms with Gasteiger partial charge >= 0.3 is 0 Å². The summed E-state index contributed by atoms with van der Waals surface area (Å²) < 4.78 is 32.6. The summed E-state index contributed by atoms with van der Waals surface area (Å²) >= 11 is 0. The van der Waals surface area contributed by atoms with Crippen molar-refractivity contribution in [2.24, 2.45) is 5.92 Å². The van der Waals surface area contributed by atoms with Gasteiger partial charge in [0.2, 0.25) is 5.91 Å². The molecule has 0 bridgehead atoms. The first kappa shape index (κ1) is 17.4. The van der Waals surface area contributed by atoms with Crippen LogP contribution < -0.4 is 9.46 Å². The fourth-order valence-electron chi connectivity index (χ4n) is 2.99. The summed E-state index contributed by atoms with van der Waals surface area (Å²) in [6, 6.07) is 6.76. The third kappa shape index (κ3) is 3.37. The van der Waals surface area contributed by atoms with Crippen LogP contribution in [-0.4, -0.2) is 26.4 Å². The van der Waals surface area contributed by atoms with Crippen molar-refractivity contribution in [3.8, 4) is 5.75 Å². The molecule has 2 aromatic rings. The van der Waals surface area contributed by atoms with Crippen LogP contribution >= 0.6 is 0 Å². The first-order chi connectivity index (χ1) is 11.8. The van der Waals surface area contributed by atoms with Crippen molar-refractivity contribution < 1.29 is 17.9 Å². The Hall–Kier alpha value is -2.41. The normalized spacial score (nSPS) is 19.3. The van der Waals surface area contributed by atoms with E-state index in [1.54, 1.807) is 32.3 Å². The summed E-state index contributed by atoms with van der Waals surface area (Å²) in [7, 11) is -2.39. The fraction of sp³-hybridized carbons (Fsp3) is 0.333. The van der Waals surface area contributed by atoms with E-state index in [1.165, 1.54) is 13.2 Å². The summed E-state index contributed by atoms with van der Waals surface area (Å²) in [6.07, 6.45) is 4.01. The van der Waals surface area contributed by atoms with E-state index < -0.39 is 15.9 Å². The summed E-state index contributed by atoms with van der Waals surface area (Å²) in [4.78, 5) is 16.5. The molecule has 0 unspecified atom stereocenters. The average Bonchev–Trinajstić information content (AvgIpc) is 3.38. The number of amides is 1. The Labute approximate surface area is 147 Å². The number of methoxy groups -OCH3 is 1. The van der Waals surface area contributed by atoms with E-state index in [2.05, 4.69) is 9.71 Å². The predicted octanol–water partition coefficient (Wildman–Crippen LogP) is 2.32. The molecule has 25 heavy (non-hydrogen) atoms. The van der Waals surface area contributed by atoms with Gasteiger partial charge in [0.15, 0.2) is 0 Å². The zero-order chi connectivity index (χ0) is 18.2. The van der Waals surface area contributed by atoms with Crippen molar-refractivity contribution in [1.82, 2.24) is 9.71 Å². The third-order valence-corrected chi connectivity index (χ3v) is 6.16. The minimum Gasteiger partial charge on any atom is -0.496 e. The number of sulfonamides is 1. The number of hydrogen-bond donors (Lipinski definition) is 1. The smallest absolute Gasteiger partial charge is 0.264 e. The summed E-state index contributed by atoms with van der Waals surface area (Å²) in [6.45, 7) is 3.49. The van der Waals surface area contributed by atoms with E-state index in [-0.39, 0.29) is 16.7 Å². The molecule has 1 heterocycles. The molecule has 132 valence electrons. The van der Waals surface area contributed by atoms with E-state index in [1.807, 2.05) is 12.1 Å². The lowest BCUT2D eigenvalue weighted by atomic mass is 10.1. The minimum atomic E-state index is -3.92. The molecule has 2 atom stereocenters. The van der Waals surface area contributed by atoms with Crippen LogP contribution in [0.2, 0.25) is 0 Å². The molecule has 0 saturated heterocycles. The maximum absolute atomic E-state index is 12.6. The highest BCUT2D eigenvalue weighted by atomic mass is 32.2. The standard InChI is InChI=1S/C18H20N2O4S/c1-11-12(2)17(7-6-16(11)24-3)25(22,23)20-18(21)15-9-14(15)13-5-4-8-19-10-13/h4-8,10,14-15H,9H2,1-3H3,(H,20,21)/t14-,15+/m1/s1. The number of benzene rings is 1. The number of nitrogens with one attached hydrogen (secondary N) is 1. The lowest BCUT2D eigenvalue weighted by Gasteiger charge is -2.13. The molecule has 6 nitrogen and oxygen atoms in total. The van der Waals surface area contributed by atoms with Gasteiger partial charge in [0.1, 0.15) is 5.75 Å². The van der Waals surface area contributed by atoms with Crippen LogP contribution in [0.1, 0.15) is 29.0 Å². The van der Waals surface area contributed by atoms with Crippen molar-refractivity contribution in [2.75, 3.05) is 7.11 Å². The van der Waals surface area contributed by atoms with Crippen molar-refractivity contribution >= 4 is 15.9 Å². The first-order valence-electron chi connectivity index (χ1n) is 7.96. The summed E-state index contributed by atoms with van der Waals surface area (Å²) in [5.74, 6) is -0.162. The van der Waals surface area contributed by atoms with Crippen LogP contribution in [0.3, 0.4) is 0 Å². The van der Waals surface area contributed by atoms with Gasteiger partial charge in [-0.2, -0.15) is 0 Å². The quantitative estimate of drug-likeness (QED) is 0.884. The number of hydrogen-bond acceptors (Lipinski definition) is 5. The largest absolute Gasteiger partial charge is 0.496 e. The second-order valence-electron chi connectivity index (χ2n) is 6.22. The van der Waals surface area contributed by atoms with E-state index in [0.717, 1.165) is 11.1 Å². The van der Waals surface area contributed by atoms with Crippen LogP contribution in [0.15, 0.2) is 41.6 Å². The second-order valence-corrected chi connectivity index (χ2v) is 7.87. The van der Waals surface area contributed by atoms with Gasteiger partial charge in [-0.05, 0) is 61.1 Å². The lowest BCUT2D eigenvalue weighted by molar-refractivity contribution is -0.120. The Morgan fingerprint density at radius 2 is 2.00 bits per heavy atom. The molecule has 1 aliphatic carbocycles. The molecule has 1 aliphatic rings. The molecule has 0 radical (unpaired) electrons. The van der Waals surface area contributed by atoms with Gasteiger partial charge in [-0.15, -0.1) is 0 Å². The minimum absolute atomic E-state index is 0.0302. The molecule has 7 heteroatoms. The zero-order valence-corrected chi connectivity index (χ0v) is 15.1. The Balaban J connectivity index is 1.77. The Kier molecular flexibility index (Phi) is 4.51. The highest BCUT2D eigenvalue weighted by molar-refractivity contribution is 7.90. The highest BCUT2D eigenvalue weighted by Crippen LogP contribution is 2.47. The van der Waals surface area contributed by atoms with Crippen LogP contribution in [0.5, 0.6) is 5.75 Å². The van der Waals surface area contributed by atoms with Crippen LogP contribution in [-0.2, 0) is 14.8 Å². The molecule has 1 N–H and O–H groups in total. The summed E-state index contributed by atoms with van der Waals surface area (Å²) in [5, 5.41) is 0. The van der Waals surface area contributed by atoms with E-state index in [4.69, 9.17) is 4.74 Å². The van der Waals surface area contributed by atoms with Crippen molar-refractivity contribution in [3.63, 3.8) is 0 Å². The number of carbonyl (C=O) groups is 1. The number of aromatic nitrogens is 1. The SMILES string of the molecule is COc1ccc(S(=O)(=O)NC(=O)[C@H]2C[C@@H]2c2cccnc2)c(C)c1C. The molecule has 0 aliphatic heterocycles. The number of pyridine rings is 1. The van der Waals surface area contributed by atoms with Crippen molar-refractivity contribution in [3.05, 3.63) is 53.3 Å². The topological polar surface area (TPSA) is 85.4 Å². The highest BCUT2D eigenvalue weighted by Gasteiger charge is 2.45. The number of ether oxygens (including phenoxy) is 1. The Bertz CT molecular complexity index is 910. The molecule has 1 aromatic carbocycles. The summed E-state index contributed by atoms with van der Waals surface area (Å²) in [5.41, 5.74) is 2.26. The first-order valence-corrected chi connectivity index (χ1v) is 9.44. The molecular formula is C18H20N2O4S. The number of nitrogens with zero attached hydrogens (tertiary/aromatic N) is 1.